The second kappa shape index (κ2) is 5.75. The molecule has 4 nitrogen and oxygen atoms in total. The lowest BCUT2D eigenvalue weighted by atomic mass is 10.2. The summed E-state index contributed by atoms with van der Waals surface area (Å²) >= 11 is 1.38. The lowest BCUT2D eigenvalue weighted by Gasteiger charge is -2.18. The number of nitrogens with zero attached hydrogens (tertiary/aromatic N) is 3. The average molecular weight is 292 g/mol. The van der Waals surface area contributed by atoms with Crippen LogP contribution in [0.1, 0.15) is 24.6 Å². The first-order valence-corrected chi connectivity index (χ1v) is 7.63. The van der Waals surface area contributed by atoms with E-state index in [-0.39, 0.29) is 5.82 Å². The van der Waals surface area contributed by atoms with Gasteiger partial charge in [-0.05, 0) is 30.5 Å². The zero-order chi connectivity index (χ0) is 13.9. The Balaban J connectivity index is 1.77. The van der Waals surface area contributed by atoms with Crippen molar-refractivity contribution in [3.63, 3.8) is 0 Å². The molecule has 1 aromatic heterocycles. The molecule has 0 saturated heterocycles. The normalized spacial score (nSPS) is 13.6. The maximum absolute atomic E-state index is 13.4. The van der Waals surface area contributed by atoms with Gasteiger partial charge in [0.15, 0.2) is 0 Å². The molecule has 20 heavy (non-hydrogen) atoms. The first kappa shape index (κ1) is 13.3. The molecule has 0 saturated carbocycles. The van der Waals surface area contributed by atoms with Crippen LogP contribution in [0.3, 0.4) is 0 Å². The quantitative estimate of drug-likeness (QED) is 0.919. The van der Waals surface area contributed by atoms with Crippen molar-refractivity contribution in [2.45, 2.75) is 26.3 Å². The van der Waals surface area contributed by atoms with Crippen LogP contribution in [0.4, 0.5) is 15.1 Å². The zero-order valence-corrected chi connectivity index (χ0v) is 12.2. The Hall–Kier alpha value is -1.69. The summed E-state index contributed by atoms with van der Waals surface area (Å²) in [6, 6.07) is 5.02. The minimum atomic E-state index is -0.184. The summed E-state index contributed by atoms with van der Waals surface area (Å²) in [5, 5.41) is 8.57. The van der Waals surface area contributed by atoms with E-state index in [1.54, 1.807) is 6.07 Å². The fourth-order valence-corrected chi connectivity index (χ4v) is 3.05. The predicted molar refractivity (Wildman–Crippen MR) is 79.8 cm³/mol. The van der Waals surface area contributed by atoms with Crippen LogP contribution in [0, 0.1) is 5.82 Å². The van der Waals surface area contributed by atoms with Gasteiger partial charge in [0.05, 0.1) is 6.54 Å². The van der Waals surface area contributed by atoms with Crippen molar-refractivity contribution < 1.29 is 4.39 Å². The summed E-state index contributed by atoms with van der Waals surface area (Å²) in [7, 11) is 0. The van der Waals surface area contributed by atoms with Gasteiger partial charge in [-0.25, -0.2) is 4.39 Å². The van der Waals surface area contributed by atoms with E-state index >= 15 is 0 Å². The van der Waals surface area contributed by atoms with Crippen LogP contribution in [0.5, 0.6) is 0 Å². The summed E-state index contributed by atoms with van der Waals surface area (Å²) in [4.78, 5) is 2.17. The lowest BCUT2D eigenvalue weighted by molar-refractivity contribution is 0.627. The number of aromatic nitrogens is 2. The number of hydrogen-bond acceptors (Lipinski definition) is 5. The van der Waals surface area contributed by atoms with Gasteiger partial charge in [-0.3, -0.25) is 0 Å². The molecule has 0 atom stereocenters. The Morgan fingerprint density at radius 3 is 3.20 bits per heavy atom. The molecule has 1 aromatic carbocycles. The van der Waals surface area contributed by atoms with Crippen LogP contribution in [0.15, 0.2) is 18.2 Å². The molecule has 1 aliphatic heterocycles. The highest BCUT2D eigenvalue weighted by atomic mass is 32.1. The Labute approximate surface area is 121 Å². The standard InChI is InChI=1S/C14H17FN4S/c1-2-6-16-14-12(17-18-20-14)9-19-7-5-10-3-4-11(15)8-13(10)19/h3-4,8,16H,2,5-7,9H2,1H3. The van der Waals surface area contributed by atoms with Gasteiger partial charge < -0.3 is 10.2 Å². The van der Waals surface area contributed by atoms with Crippen molar-refractivity contribution in [3.8, 4) is 0 Å². The van der Waals surface area contributed by atoms with Crippen LogP contribution in [0.25, 0.3) is 0 Å². The minimum Gasteiger partial charge on any atom is -0.374 e. The van der Waals surface area contributed by atoms with E-state index in [4.69, 9.17) is 0 Å². The largest absolute Gasteiger partial charge is 0.374 e. The molecule has 0 fully saturated rings. The van der Waals surface area contributed by atoms with Crippen LogP contribution >= 0.6 is 11.5 Å². The summed E-state index contributed by atoms with van der Waals surface area (Å²) < 4.78 is 17.4. The molecule has 0 radical (unpaired) electrons. The van der Waals surface area contributed by atoms with Crippen LogP contribution in [-0.4, -0.2) is 22.7 Å². The fraction of sp³-hybridized carbons (Fsp3) is 0.429. The molecule has 0 aliphatic carbocycles. The molecular weight excluding hydrogens is 275 g/mol. The summed E-state index contributed by atoms with van der Waals surface area (Å²) in [5.41, 5.74) is 3.14. The highest BCUT2D eigenvalue weighted by Gasteiger charge is 2.21. The van der Waals surface area contributed by atoms with E-state index in [0.29, 0.717) is 6.54 Å². The van der Waals surface area contributed by atoms with Gasteiger partial charge in [0, 0.05) is 30.3 Å². The molecule has 2 heterocycles. The number of fused-ring (bicyclic) bond motifs is 1. The topological polar surface area (TPSA) is 41.1 Å². The van der Waals surface area contributed by atoms with Crippen molar-refractivity contribution >= 4 is 22.2 Å². The first-order valence-electron chi connectivity index (χ1n) is 6.86. The molecule has 106 valence electrons. The summed E-state index contributed by atoms with van der Waals surface area (Å²) in [5.74, 6) is -0.184. The smallest absolute Gasteiger partial charge is 0.135 e. The van der Waals surface area contributed by atoms with Gasteiger partial charge in [0.2, 0.25) is 0 Å². The van der Waals surface area contributed by atoms with Crippen LogP contribution in [0.2, 0.25) is 0 Å². The third-order valence-corrected chi connectivity index (χ3v) is 4.20. The molecule has 0 amide bonds. The highest BCUT2D eigenvalue weighted by molar-refractivity contribution is 7.10. The fourth-order valence-electron chi connectivity index (χ4n) is 2.45. The number of halogens is 1. The maximum atomic E-state index is 13.4. The predicted octanol–water partition coefficient (Wildman–Crippen LogP) is 3.06. The molecule has 6 heteroatoms. The van der Waals surface area contributed by atoms with Crippen molar-refractivity contribution in [1.82, 2.24) is 9.59 Å². The van der Waals surface area contributed by atoms with E-state index in [1.807, 2.05) is 6.07 Å². The maximum Gasteiger partial charge on any atom is 0.135 e. The van der Waals surface area contributed by atoms with Gasteiger partial charge in [0.1, 0.15) is 16.5 Å². The Kier molecular flexibility index (Phi) is 3.82. The second-order valence-electron chi connectivity index (χ2n) is 4.92. The van der Waals surface area contributed by atoms with Crippen molar-refractivity contribution in [2.24, 2.45) is 0 Å². The third-order valence-electron chi connectivity index (χ3n) is 3.47. The Bertz CT molecular complexity index is 599. The zero-order valence-electron chi connectivity index (χ0n) is 11.4. The van der Waals surface area contributed by atoms with Crippen LogP contribution in [-0.2, 0) is 13.0 Å². The van der Waals surface area contributed by atoms with Crippen LogP contribution < -0.4 is 10.2 Å². The molecule has 1 N–H and O–H groups in total. The SMILES string of the molecule is CCCNc1snnc1CN1CCc2ccc(F)cc21. The number of rotatable bonds is 5. The van der Waals surface area contributed by atoms with Gasteiger partial charge in [0.25, 0.3) is 0 Å². The van der Waals surface area contributed by atoms with E-state index in [1.165, 1.54) is 23.2 Å². The number of benzene rings is 1. The van der Waals surface area contributed by atoms with Gasteiger partial charge in [-0.2, -0.15) is 0 Å². The summed E-state index contributed by atoms with van der Waals surface area (Å²) in [6.07, 6.45) is 2.03. The van der Waals surface area contributed by atoms with Crippen molar-refractivity contribution in [3.05, 3.63) is 35.3 Å². The minimum absolute atomic E-state index is 0.184. The molecule has 1 aliphatic rings. The number of nitrogens with one attached hydrogen (secondary N) is 1. The first-order chi connectivity index (χ1) is 9.78. The van der Waals surface area contributed by atoms with Crippen molar-refractivity contribution in [1.29, 1.82) is 0 Å². The number of hydrogen-bond donors (Lipinski definition) is 1. The molecule has 0 spiro atoms. The molecular formula is C14H17FN4S. The lowest BCUT2D eigenvalue weighted by Crippen LogP contribution is -2.20. The Morgan fingerprint density at radius 1 is 1.45 bits per heavy atom. The summed E-state index contributed by atoms with van der Waals surface area (Å²) in [6.45, 7) is 4.63. The van der Waals surface area contributed by atoms with Gasteiger partial charge in [-0.1, -0.05) is 17.5 Å². The molecule has 0 unspecified atom stereocenters. The van der Waals surface area contributed by atoms with E-state index in [9.17, 15) is 4.39 Å². The van der Waals surface area contributed by atoms with Gasteiger partial charge >= 0.3 is 0 Å². The average Bonchev–Trinajstić information content (AvgIpc) is 3.04. The molecule has 2 aromatic rings. The van der Waals surface area contributed by atoms with E-state index in [2.05, 4.69) is 26.7 Å². The number of anilines is 2. The van der Waals surface area contributed by atoms with Crippen molar-refractivity contribution in [2.75, 3.05) is 23.3 Å². The highest BCUT2D eigenvalue weighted by Crippen LogP contribution is 2.31. The molecule has 3 rings (SSSR count). The third kappa shape index (κ3) is 2.60. The van der Waals surface area contributed by atoms with E-state index in [0.717, 1.165) is 42.3 Å². The van der Waals surface area contributed by atoms with Gasteiger partial charge in [-0.15, -0.1) is 5.10 Å². The van der Waals surface area contributed by atoms with E-state index < -0.39 is 0 Å². The second-order valence-corrected chi connectivity index (χ2v) is 5.67. The Morgan fingerprint density at radius 2 is 2.35 bits per heavy atom. The monoisotopic (exact) mass is 292 g/mol. The molecule has 0 bridgehead atoms.